The Labute approximate surface area is 149 Å². The summed E-state index contributed by atoms with van der Waals surface area (Å²) in [5, 5.41) is 10.5. The summed E-state index contributed by atoms with van der Waals surface area (Å²) in [5.74, 6) is -0.274. The van der Waals surface area contributed by atoms with Gasteiger partial charge in [0.25, 0.3) is 0 Å². The van der Waals surface area contributed by atoms with E-state index in [4.69, 9.17) is 10.5 Å². The van der Waals surface area contributed by atoms with Gasteiger partial charge in [0, 0.05) is 10.3 Å². The lowest BCUT2D eigenvalue weighted by Gasteiger charge is -2.30. The number of ether oxygens (including phenoxy) is 1. The van der Waals surface area contributed by atoms with Crippen LogP contribution in [-0.2, 0) is 11.2 Å². The van der Waals surface area contributed by atoms with E-state index in [0.29, 0.717) is 10.8 Å². The maximum absolute atomic E-state index is 11.4. The van der Waals surface area contributed by atoms with Crippen molar-refractivity contribution in [2.24, 2.45) is 11.7 Å². The van der Waals surface area contributed by atoms with Crippen molar-refractivity contribution >= 4 is 28.7 Å². The van der Waals surface area contributed by atoms with E-state index in [2.05, 4.69) is 22.6 Å². The number of hydrogen-bond donors (Lipinski definition) is 2. The third-order valence-corrected chi connectivity index (χ3v) is 4.63. The van der Waals surface area contributed by atoms with E-state index in [0.717, 1.165) is 11.1 Å². The first-order valence-corrected chi connectivity index (χ1v) is 8.93. The minimum absolute atomic E-state index is 0.274. The van der Waals surface area contributed by atoms with E-state index in [-0.39, 0.29) is 5.92 Å². The van der Waals surface area contributed by atoms with E-state index in [1.807, 2.05) is 60.7 Å². The summed E-state index contributed by atoms with van der Waals surface area (Å²) in [7, 11) is 0. The fourth-order valence-electron chi connectivity index (χ4n) is 2.62. The number of halogens is 1. The quantitative estimate of drug-likeness (QED) is 0.527. The van der Waals surface area contributed by atoms with E-state index < -0.39 is 18.3 Å². The van der Waals surface area contributed by atoms with E-state index >= 15 is 0 Å². The number of aliphatic hydroxyl groups is 1. The van der Waals surface area contributed by atoms with Gasteiger partial charge in [-0.15, -0.1) is 0 Å². The lowest BCUT2D eigenvalue weighted by molar-refractivity contribution is 0.0116. The molecule has 2 aromatic rings. The van der Waals surface area contributed by atoms with Gasteiger partial charge < -0.3 is 15.6 Å². The summed E-state index contributed by atoms with van der Waals surface area (Å²) in [6.45, 7) is 0. The zero-order valence-corrected chi connectivity index (χ0v) is 14.8. The van der Waals surface area contributed by atoms with Crippen molar-refractivity contribution in [2.45, 2.75) is 18.6 Å². The Kier molecular flexibility index (Phi) is 6.85. The largest absolute Gasteiger partial charge is 0.441 e. The van der Waals surface area contributed by atoms with Gasteiger partial charge in [-0.25, -0.2) is 4.79 Å². The molecule has 2 rings (SSSR count). The molecule has 3 N–H and O–H groups in total. The van der Waals surface area contributed by atoms with Gasteiger partial charge in [-0.3, -0.25) is 0 Å². The molecule has 0 aliphatic heterocycles. The number of benzene rings is 2. The standard InChI is InChI=1S/C18H20INO3/c19-12-16(21)15(11-13-7-3-1-4-8-13)17(23-18(20)22)14-9-5-2-6-10-14/h1-10,15-17,21H,11-12H2,(H2,20,22)/t15-,16-,17?/m0/s1. The van der Waals surface area contributed by atoms with Gasteiger partial charge in [0.1, 0.15) is 6.10 Å². The van der Waals surface area contributed by atoms with Gasteiger partial charge in [-0.2, -0.15) is 0 Å². The first-order valence-electron chi connectivity index (χ1n) is 7.40. The van der Waals surface area contributed by atoms with Crippen LogP contribution in [0.3, 0.4) is 0 Å². The van der Waals surface area contributed by atoms with E-state index in [1.54, 1.807) is 0 Å². The summed E-state index contributed by atoms with van der Waals surface area (Å²) < 4.78 is 5.91. The van der Waals surface area contributed by atoms with Crippen molar-refractivity contribution in [3.05, 3.63) is 71.8 Å². The van der Waals surface area contributed by atoms with Crippen molar-refractivity contribution < 1.29 is 14.6 Å². The Morgan fingerprint density at radius 2 is 1.65 bits per heavy atom. The number of hydrogen-bond acceptors (Lipinski definition) is 3. The molecule has 0 spiro atoms. The van der Waals surface area contributed by atoms with Gasteiger partial charge >= 0.3 is 6.09 Å². The molecule has 3 atom stereocenters. The van der Waals surface area contributed by atoms with Gasteiger partial charge in [0.05, 0.1) is 6.10 Å². The molecule has 0 radical (unpaired) electrons. The van der Waals surface area contributed by atoms with Crippen LogP contribution in [0.5, 0.6) is 0 Å². The van der Waals surface area contributed by atoms with Crippen LogP contribution in [0.15, 0.2) is 60.7 Å². The molecule has 4 nitrogen and oxygen atoms in total. The van der Waals surface area contributed by atoms with E-state index in [1.165, 1.54) is 0 Å². The summed E-state index contributed by atoms with van der Waals surface area (Å²) >= 11 is 2.14. The minimum Gasteiger partial charge on any atom is -0.441 e. The molecule has 0 heterocycles. The van der Waals surface area contributed by atoms with Crippen molar-refractivity contribution in [3.63, 3.8) is 0 Å². The van der Waals surface area contributed by atoms with Crippen molar-refractivity contribution in [1.82, 2.24) is 0 Å². The third kappa shape index (κ3) is 5.21. The Morgan fingerprint density at radius 1 is 1.09 bits per heavy atom. The van der Waals surface area contributed by atoms with Crippen LogP contribution in [0.4, 0.5) is 4.79 Å². The van der Waals surface area contributed by atoms with Crippen LogP contribution in [0, 0.1) is 5.92 Å². The maximum Gasteiger partial charge on any atom is 0.405 e. The molecular weight excluding hydrogens is 405 g/mol. The highest BCUT2D eigenvalue weighted by Gasteiger charge is 2.32. The number of amides is 1. The van der Waals surface area contributed by atoms with Gasteiger partial charge in [0.15, 0.2) is 0 Å². The number of nitrogens with two attached hydrogens (primary N) is 1. The third-order valence-electron chi connectivity index (χ3n) is 3.73. The Bertz CT molecular complexity index is 606. The lowest BCUT2D eigenvalue weighted by atomic mass is 9.86. The highest BCUT2D eigenvalue weighted by atomic mass is 127. The molecule has 1 unspecified atom stereocenters. The SMILES string of the molecule is NC(=O)OC(c1ccccc1)[C@@H](Cc1ccccc1)[C@@H](O)CI. The van der Waals surface area contributed by atoms with Crippen molar-refractivity contribution in [3.8, 4) is 0 Å². The van der Waals surface area contributed by atoms with Gasteiger partial charge in [-0.05, 0) is 17.5 Å². The average Bonchev–Trinajstić information content (AvgIpc) is 2.58. The fraction of sp³-hybridized carbons (Fsp3) is 0.278. The first-order chi connectivity index (χ1) is 11.1. The molecule has 0 saturated heterocycles. The molecule has 23 heavy (non-hydrogen) atoms. The molecular formula is C18H20INO3. The predicted molar refractivity (Wildman–Crippen MR) is 98.4 cm³/mol. The fourth-order valence-corrected chi connectivity index (χ4v) is 3.27. The number of rotatable bonds is 7. The normalized spacial score (nSPS) is 14.7. The number of primary amides is 1. The first kappa shape index (κ1) is 17.7. The van der Waals surface area contributed by atoms with Crippen molar-refractivity contribution in [2.75, 3.05) is 4.43 Å². The van der Waals surface area contributed by atoms with Crippen molar-refractivity contribution in [1.29, 1.82) is 0 Å². The Balaban J connectivity index is 2.33. The lowest BCUT2D eigenvalue weighted by Crippen LogP contribution is -2.33. The topological polar surface area (TPSA) is 72.6 Å². The molecule has 0 saturated carbocycles. The number of carbonyl (C=O) groups is 1. The van der Waals surface area contributed by atoms with Crippen LogP contribution in [0.1, 0.15) is 17.2 Å². The summed E-state index contributed by atoms with van der Waals surface area (Å²) in [6.07, 6.45) is -1.44. The Morgan fingerprint density at radius 3 is 2.17 bits per heavy atom. The van der Waals surface area contributed by atoms with Gasteiger partial charge in [0.2, 0.25) is 0 Å². The number of aliphatic hydroxyl groups excluding tert-OH is 1. The second kappa shape index (κ2) is 8.88. The average molecular weight is 425 g/mol. The van der Waals surface area contributed by atoms with E-state index in [9.17, 15) is 9.90 Å². The summed E-state index contributed by atoms with van der Waals surface area (Å²) in [5.41, 5.74) is 7.17. The van der Waals surface area contributed by atoms with Crippen LogP contribution in [0.25, 0.3) is 0 Å². The molecule has 0 aromatic heterocycles. The van der Waals surface area contributed by atoms with Crippen LogP contribution >= 0.6 is 22.6 Å². The molecule has 0 aliphatic rings. The molecule has 0 bridgehead atoms. The molecule has 0 fully saturated rings. The maximum atomic E-state index is 11.4. The number of carbonyl (C=O) groups excluding carboxylic acids is 1. The Hall–Kier alpha value is -1.60. The van der Waals surface area contributed by atoms with Crippen LogP contribution in [0.2, 0.25) is 0 Å². The van der Waals surface area contributed by atoms with Crippen LogP contribution < -0.4 is 5.73 Å². The highest BCUT2D eigenvalue weighted by Crippen LogP contribution is 2.32. The second-order valence-electron chi connectivity index (χ2n) is 5.34. The monoisotopic (exact) mass is 425 g/mol. The highest BCUT2D eigenvalue weighted by molar-refractivity contribution is 14.1. The summed E-state index contributed by atoms with van der Waals surface area (Å²) in [6, 6.07) is 19.3. The van der Waals surface area contributed by atoms with Gasteiger partial charge in [-0.1, -0.05) is 83.3 Å². The number of alkyl halides is 1. The molecule has 2 aromatic carbocycles. The van der Waals surface area contributed by atoms with Crippen LogP contribution in [-0.4, -0.2) is 21.7 Å². The second-order valence-corrected chi connectivity index (χ2v) is 6.22. The molecule has 1 amide bonds. The summed E-state index contributed by atoms with van der Waals surface area (Å²) in [4.78, 5) is 11.4. The smallest absolute Gasteiger partial charge is 0.405 e. The zero-order chi connectivity index (χ0) is 16.7. The molecule has 0 aliphatic carbocycles. The minimum atomic E-state index is -0.836. The zero-order valence-electron chi connectivity index (χ0n) is 12.6. The molecule has 122 valence electrons. The predicted octanol–water partition coefficient (Wildman–Crippen LogP) is 3.48. The molecule has 5 heteroatoms.